The van der Waals surface area contributed by atoms with Crippen LogP contribution in [0, 0.1) is 6.92 Å². The summed E-state index contributed by atoms with van der Waals surface area (Å²) in [4.78, 5) is 20.6. The highest BCUT2D eigenvalue weighted by Gasteiger charge is 2.19. The van der Waals surface area contributed by atoms with Crippen molar-refractivity contribution in [3.05, 3.63) is 54.1 Å². The average molecular weight is 379 g/mol. The number of aryl methyl sites for hydroxylation is 1. The molecule has 9 heteroatoms. The number of hydrogen-bond acceptors (Lipinski definition) is 7. The fraction of sp³-hybridized carbons (Fsp3) is 0.316. The van der Waals surface area contributed by atoms with E-state index in [1.54, 1.807) is 41.5 Å². The van der Waals surface area contributed by atoms with E-state index >= 15 is 0 Å². The molecule has 3 aromatic rings. The Kier molecular flexibility index (Phi) is 5.24. The first-order chi connectivity index (χ1) is 13.7. The lowest BCUT2D eigenvalue weighted by Crippen LogP contribution is -2.29. The highest BCUT2D eigenvalue weighted by molar-refractivity contribution is 6.03. The van der Waals surface area contributed by atoms with E-state index in [4.69, 9.17) is 4.74 Å². The Labute approximate surface area is 162 Å². The second kappa shape index (κ2) is 8.13. The van der Waals surface area contributed by atoms with Gasteiger partial charge in [0.2, 0.25) is 0 Å². The van der Waals surface area contributed by atoms with E-state index < -0.39 is 0 Å². The zero-order chi connectivity index (χ0) is 19.3. The molecule has 144 valence electrons. The Morgan fingerprint density at radius 3 is 2.79 bits per heavy atom. The van der Waals surface area contributed by atoms with Crippen molar-refractivity contribution in [1.29, 1.82) is 0 Å². The van der Waals surface area contributed by atoms with E-state index in [1.165, 1.54) is 0 Å². The van der Waals surface area contributed by atoms with Crippen LogP contribution in [0.2, 0.25) is 0 Å². The van der Waals surface area contributed by atoms with Gasteiger partial charge in [-0.1, -0.05) is 5.21 Å². The van der Waals surface area contributed by atoms with Gasteiger partial charge in [-0.25, -0.2) is 14.6 Å². The van der Waals surface area contributed by atoms with Gasteiger partial charge in [-0.15, -0.1) is 5.10 Å². The minimum Gasteiger partial charge on any atom is -0.424 e. The molecule has 0 unspecified atom stereocenters. The lowest BCUT2D eigenvalue weighted by Gasteiger charge is -2.22. The van der Waals surface area contributed by atoms with E-state index in [0.29, 0.717) is 17.1 Å². The summed E-state index contributed by atoms with van der Waals surface area (Å²) in [7, 11) is 0. The van der Waals surface area contributed by atoms with Crippen molar-refractivity contribution in [2.75, 3.05) is 18.4 Å². The van der Waals surface area contributed by atoms with Crippen LogP contribution >= 0.6 is 0 Å². The first kappa shape index (κ1) is 18.1. The summed E-state index contributed by atoms with van der Waals surface area (Å²) in [5, 5.41) is 14.4. The minimum absolute atomic E-state index is 0.271. The third kappa shape index (κ3) is 4.15. The molecule has 0 atom stereocenters. The van der Waals surface area contributed by atoms with E-state index in [0.717, 1.165) is 31.5 Å². The monoisotopic (exact) mass is 379 g/mol. The molecule has 9 nitrogen and oxygen atoms in total. The van der Waals surface area contributed by atoms with Crippen LogP contribution in [0.5, 0.6) is 11.8 Å². The molecule has 4 rings (SSSR count). The van der Waals surface area contributed by atoms with Crippen LogP contribution in [0.3, 0.4) is 0 Å². The number of nitrogens with one attached hydrogen (secondary N) is 2. The lowest BCUT2D eigenvalue weighted by atomic mass is 10.1. The first-order valence-electron chi connectivity index (χ1n) is 9.18. The summed E-state index contributed by atoms with van der Waals surface area (Å²) >= 11 is 0. The van der Waals surface area contributed by atoms with Crippen molar-refractivity contribution in [1.82, 2.24) is 30.3 Å². The maximum Gasteiger partial charge on any atom is 0.321 e. The van der Waals surface area contributed by atoms with Crippen LogP contribution in [-0.4, -0.2) is 44.0 Å². The molecule has 2 aromatic heterocycles. The van der Waals surface area contributed by atoms with Crippen LogP contribution in [-0.2, 0) is 0 Å². The number of carbonyl (C=O) groups is 1. The van der Waals surface area contributed by atoms with Gasteiger partial charge in [-0.05, 0) is 62.7 Å². The molecule has 1 amide bonds. The molecule has 0 radical (unpaired) electrons. The number of benzene rings is 1. The molecule has 0 aliphatic carbocycles. The van der Waals surface area contributed by atoms with Gasteiger partial charge in [0.1, 0.15) is 5.75 Å². The maximum atomic E-state index is 12.5. The third-order valence-corrected chi connectivity index (χ3v) is 4.62. The first-order valence-corrected chi connectivity index (χ1v) is 9.18. The number of hydrogen-bond donors (Lipinski definition) is 2. The highest BCUT2D eigenvalue weighted by Crippen LogP contribution is 2.24. The Balaban J connectivity index is 1.42. The molecule has 1 fully saturated rings. The Morgan fingerprint density at radius 2 is 2.04 bits per heavy atom. The summed E-state index contributed by atoms with van der Waals surface area (Å²) in [6.07, 6.45) is 6.90. The Morgan fingerprint density at radius 1 is 1.25 bits per heavy atom. The van der Waals surface area contributed by atoms with Crippen molar-refractivity contribution in [3.8, 4) is 11.8 Å². The molecule has 28 heavy (non-hydrogen) atoms. The molecule has 1 aromatic carbocycles. The zero-order valence-electron chi connectivity index (χ0n) is 15.5. The Bertz CT molecular complexity index is 952. The van der Waals surface area contributed by atoms with Gasteiger partial charge >= 0.3 is 6.01 Å². The second-order valence-electron chi connectivity index (χ2n) is 6.63. The van der Waals surface area contributed by atoms with E-state index in [9.17, 15) is 4.79 Å². The number of anilines is 1. The molecule has 1 aliphatic heterocycles. The van der Waals surface area contributed by atoms with Crippen molar-refractivity contribution in [2.45, 2.75) is 25.8 Å². The summed E-state index contributed by atoms with van der Waals surface area (Å²) in [6.45, 7) is 3.79. The smallest absolute Gasteiger partial charge is 0.321 e. The molecule has 0 spiro atoms. The summed E-state index contributed by atoms with van der Waals surface area (Å²) in [6, 6.07) is 7.63. The molecule has 0 saturated carbocycles. The van der Waals surface area contributed by atoms with Crippen molar-refractivity contribution in [3.63, 3.8) is 0 Å². The summed E-state index contributed by atoms with van der Waals surface area (Å²) in [5.74, 6) is 0.307. The number of piperidine rings is 1. The number of amides is 1. The molecule has 3 heterocycles. The van der Waals surface area contributed by atoms with E-state index in [-0.39, 0.29) is 18.0 Å². The lowest BCUT2D eigenvalue weighted by molar-refractivity contribution is 0.102. The van der Waals surface area contributed by atoms with Gasteiger partial charge in [0.15, 0.2) is 5.69 Å². The number of nitrogens with zero attached hydrogens (tertiary/aromatic N) is 5. The Hall–Kier alpha value is -3.33. The normalized spacial score (nSPS) is 14.6. The number of ether oxygens (including phenoxy) is 1. The van der Waals surface area contributed by atoms with Gasteiger partial charge in [0.25, 0.3) is 5.91 Å². The van der Waals surface area contributed by atoms with E-state index in [1.807, 2.05) is 13.0 Å². The zero-order valence-corrected chi connectivity index (χ0v) is 15.5. The van der Waals surface area contributed by atoms with Gasteiger partial charge < -0.3 is 15.4 Å². The molecule has 1 saturated heterocycles. The SMILES string of the molecule is Cc1cc(Oc2ncccn2)ccc1NC(=O)c1cn(C2CCNCC2)nn1. The molecule has 2 N–H and O–H groups in total. The maximum absolute atomic E-state index is 12.5. The highest BCUT2D eigenvalue weighted by atomic mass is 16.5. The molecule has 0 bridgehead atoms. The summed E-state index contributed by atoms with van der Waals surface area (Å²) in [5.41, 5.74) is 1.84. The van der Waals surface area contributed by atoms with Crippen molar-refractivity contribution >= 4 is 11.6 Å². The largest absolute Gasteiger partial charge is 0.424 e. The minimum atomic E-state index is -0.289. The summed E-state index contributed by atoms with van der Waals surface area (Å²) < 4.78 is 7.40. The van der Waals surface area contributed by atoms with Crippen LogP contribution in [0.25, 0.3) is 0 Å². The topological polar surface area (TPSA) is 107 Å². The number of rotatable bonds is 5. The average Bonchev–Trinajstić information content (AvgIpc) is 3.22. The molecule has 1 aliphatic rings. The van der Waals surface area contributed by atoms with Crippen molar-refractivity contribution < 1.29 is 9.53 Å². The van der Waals surface area contributed by atoms with Gasteiger partial charge in [-0.3, -0.25) is 4.79 Å². The fourth-order valence-corrected chi connectivity index (χ4v) is 3.10. The van der Waals surface area contributed by atoms with Gasteiger partial charge in [-0.2, -0.15) is 0 Å². The van der Waals surface area contributed by atoms with E-state index in [2.05, 4.69) is 30.9 Å². The standard InChI is InChI=1S/C19H21N7O2/c1-13-11-15(28-19-21-7-2-8-22-19)3-4-16(13)23-18(27)17-12-26(25-24-17)14-5-9-20-10-6-14/h2-4,7-8,11-12,14,20H,5-6,9-10H2,1H3,(H,23,27). The van der Waals surface area contributed by atoms with Crippen LogP contribution < -0.4 is 15.4 Å². The third-order valence-electron chi connectivity index (χ3n) is 4.62. The van der Waals surface area contributed by atoms with Crippen LogP contribution in [0.1, 0.15) is 34.9 Å². The molecular weight excluding hydrogens is 358 g/mol. The second-order valence-corrected chi connectivity index (χ2v) is 6.63. The molecular formula is C19H21N7O2. The van der Waals surface area contributed by atoms with Gasteiger partial charge in [0, 0.05) is 18.1 Å². The van der Waals surface area contributed by atoms with Crippen LogP contribution in [0.4, 0.5) is 5.69 Å². The number of aromatic nitrogens is 5. The number of carbonyl (C=O) groups excluding carboxylic acids is 1. The fourth-order valence-electron chi connectivity index (χ4n) is 3.10. The predicted octanol–water partition coefficient (Wildman–Crippen LogP) is 2.35. The van der Waals surface area contributed by atoms with Crippen LogP contribution in [0.15, 0.2) is 42.9 Å². The van der Waals surface area contributed by atoms with Gasteiger partial charge in [0.05, 0.1) is 12.2 Å². The predicted molar refractivity (Wildman–Crippen MR) is 102 cm³/mol. The van der Waals surface area contributed by atoms with Crippen molar-refractivity contribution in [2.24, 2.45) is 0 Å². The quantitative estimate of drug-likeness (QED) is 0.701.